The van der Waals surface area contributed by atoms with Crippen molar-refractivity contribution in [1.29, 1.82) is 0 Å². The summed E-state index contributed by atoms with van der Waals surface area (Å²) in [6, 6.07) is 0. The fourth-order valence-corrected chi connectivity index (χ4v) is 2.17. The molecule has 0 saturated heterocycles. The Morgan fingerprint density at radius 3 is 2.92 bits per heavy atom. The summed E-state index contributed by atoms with van der Waals surface area (Å²) in [7, 11) is 0. The Hall–Kier alpha value is -0.700. The fraction of sp³-hybridized carbons (Fsp3) is 0.600. The number of nitrogens with one attached hydrogen (secondary N) is 1. The van der Waals surface area contributed by atoms with Crippen molar-refractivity contribution < 1.29 is 0 Å². The highest BCUT2D eigenvalue weighted by Gasteiger charge is 2.12. The molecule has 0 aromatic carbocycles. The molecule has 2 nitrogen and oxygen atoms in total. The van der Waals surface area contributed by atoms with E-state index >= 15 is 0 Å². The van der Waals surface area contributed by atoms with Gasteiger partial charge in [0.25, 0.3) is 0 Å². The van der Waals surface area contributed by atoms with Crippen LogP contribution in [0.2, 0.25) is 0 Å². The third kappa shape index (κ3) is 1.66. The normalized spacial score (nSPS) is 15.5. The summed E-state index contributed by atoms with van der Waals surface area (Å²) in [6.07, 6.45) is 5.75. The molecule has 2 rings (SSSR count). The molecule has 1 heterocycles. The molecule has 0 bridgehead atoms. The van der Waals surface area contributed by atoms with Crippen LogP contribution in [-0.2, 0) is 19.3 Å². The third-order valence-corrected chi connectivity index (χ3v) is 2.93. The van der Waals surface area contributed by atoms with E-state index in [-0.39, 0.29) is 0 Å². The van der Waals surface area contributed by atoms with Crippen LogP contribution in [0, 0.1) is 4.64 Å². The summed E-state index contributed by atoms with van der Waals surface area (Å²) in [4.78, 5) is 7.74. The molecule has 13 heavy (non-hydrogen) atoms. The van der Waals surface area contributed by atoms with Crippen molar-refractivity contribution in [2.24, 2.45) is 0 Å². The van der Waals surface area contributed by atoms with E-state index in [4.69, 9.17) is 12.2 Å². The summed E-state index contributed by atoms with van der Waals surface area (Å²) in [6.45, 7) is 2.10. The van der Waals surface area contributed by atoms with Gasteiger partial charge in [0.2, 0.25) is 0 Å². The topological polar surface area (TPSA) is 28.7 Å². The molecule has 0 spiro atoms. The predicted molar refractivity (Wildman–Crippen MR) is 55.4 cm³/mol. The maximum Gasteiger partial charge on any atom is 0.133 e. The zero-order valence-corrected chi connectivity index (χ0v) is 8.71. The van der Waals surface area contributed by atoms with Crippen molar-refractivity contribution >= 4 is 12.2 Å². The second-order valence-electron chi connectivity index (χ2n) is 3.51. The average molecular weight is 194 g/mol. The molecule has 0 fully saturated rings. The lowest BCUT2D eigenvalue weighted by atomic mass is 9.97. The van der Waals surface area contributed by atoms with Crippen LogP contribution >= 0.6 is 12.2 Å². The van der Waals surface area contributed by atoms with Crippen LogP contribution in [-0.4, -0.2) is 9.97 Å². The molecule has 3 heteroatoms. The van der Waals surface area contributed by atoms with Crippen molar-refractivity contribution in [3.63, 3.8) is 0 Å². The minimum absolute atomic E-state index is 0.824. The Morgan fingerprint density at radius 1 is 1.38 bits per heavy atom. The van der Waals surface area contributed by atoms with Crippen LogP contribution in [0.25, 0.3) is 0 Å². The number of hydrogen-bond acceptors (Lipinski definition) is 2. The van der Waals surface area contributed by atoms with Gasteiger partial charge in [-0.2, -0.15) is 0 Å². The molecule has 0 amide bonds. The molecule has 0 radical (unpaired) electrons. The van der Waals surface area contributed by atoms with E-state index in [1.165, 1.54) is 24.1 Å². The molecular weight excluding hydrogens is 180 g/mol. The molecule has 1 aliphatic carbocycles. The smallest absolute Gasteiger partial charge is 0.133 e. The first kappa shape index (κ1) is 8.88. The van der Waals surface area contributed by atoms with Gasteiger partial charge in [-0.25, -0.2) is 4.98 Å². The van der Waals surface area contributed by atoms with E-state index in [2.05, 4.69) is 16.9 Å². The molecule has 0 atom stereocenters. The minimum atomic E-state index is 0.824. The molecule has 70 valence electrons. The van der Waals surface area contributed by atoms with E-state index in [0.29, 0.717) is 0 Å². The number of rotatable bonds is 1. The minimum Gasteiger partial charge on any atom is -0.347 e. The van der Waals surface area contributed by atoms with E-state index < -0.39 is 0 Å². The van der Waals surface area contributed by atoms with Crippen molar-refractivity contribution in [2.75, 3.05) is 0 Å². The lowest BCUT2D eigenvalue weighted by Crippen LogP contribution is -2.09. The second-order valence-corrected chi connectivity index (χ2v) is 3.89. The Balaban J connectivity index is 2.53. The number of aromatic nitrogens is 2. The number of aromatic amines is 1. The average Bonchev–Trinajstić information content (AvgIpc) is 2.18. The van der Waals surface area contributed by atoms with Crippen molar-refractivity contribution in [3.8, 4) is 0 Å². The summed E-state index contributed by atoms with van der Waals surface area (Å²) < 4.78 is 0.824. The van der Waals surface area contributed by atoms with Gasteiger partial charge in [0.05, 0.1) is 0 Å². The van der Waals surface area contributed by atoms with Gasteiger partial charge >= 0.3 is 0 Å². The third-order valence-electron chi connectivity index (χ3n) is 2.59. The van der Waals surface area contributed by atoms with Crippen LogP contribution < -0.4 is 0 Å². The number of hydrogen-bond donors (Lipinski definition) is 1. The van der Waals surface area contributed by atoms with Crippen LogP contribution in [0.15, 0.2) is 0 Å². The Morgan fingerprint density at radius 2 is 2.15 bits per heavy atom. The summed E-state index contributed by atoms with van der Waals surface area (Å²) in [5.41, 5.74) is 2.63. The maximum absolute atomic E-state index is 5.26. The lowest BCUT2D eigenvalue weighted by molar-refractivity contribution is 0.652. The van der Waals surface area contributed by atoms with Crippen LogP contribution in [0.3, 0.4) is 0 Å². The molecule has 1 N–H and O–H groups in total. The summed E-state index contributed by atoms with van der Waals surface area (Å²) in [5.74, 6) is 1.03. The van der Waals surface area contributed by atoms with Gasteiger partial charge in [-0.1, -0.05) is 19.1 Å². The lowest BCUT2D eigenvalue weighted by Gasteiger charge is -2.15. The number of nitrogens with zero attached hydrogens (tertiary/aromatic N) is 1. The van der Waals surface area contributed by atoms with Crippen molar-refractivity contribution in [2.45, 2.75) is 39.0 Å². The highest BCUT2D eigenvalue weighted by Crippen LogP contribution is 2.19. The Labute approximate surface area is 83.4 Å². The molecule has 1 aliphatic rings. The number of aryl methyl sites for hydroxylation is 2. The van der Waals surface area contributed by atoms with Gasteiger partial charge in [-0.15, -0.1) is 0 Å². The molecule has 0 aliphatic heterocycles. The predicted octanol–water partition coefficient (Wildman–Crippen LogP) is 2.58. The first-order valence-corrected chi connectivity index (χ1v) is 5.33. The molecule has 1 aromatic rings. The quantitative estimate of drug-likeness (QED) is 0.696. The molecule has 0 unspecified atom stereocenters. The first-order chi connectivity index (χ1) is 6.31. The van der Waals surface area contributed by atoms with Crippen LogP contribution in [0.4, 0.5) is 0 Å². The largest absolute Gasteiger partial charge is 0.347 e. The van der Waals surface area contributed by atoms with Gasteiger partial charge < -0.3 is 4.98 Å². The zero-order valence-electron chi connectivity index (χ0n) is 7.89. The fourth-order valence-electron chi connectivity index (χ4n) is 1.84. The van der Waals surface area contributed by atoms with E-state index in [1.54, 1.807) is 0 Å². The number of fused-ring (bicyclic) bond motifs is 1. The van der Waals surface area contributed by atoms with Crippen LogP contribution in [0.1, 0.15) is 36.8 Å². The SMILES string of the molecule is CCc1nc(=S)c2c([nH]1)CCCC2. The molecule has 0 saturated carbocycles. The number of H-pyrrole nitrogens is 1. The maximum atomic E-state index is 5.26. The Kier molecular flexibility index (Phi) is 2.44. The van der Waals surface area contributed by atoms with E-state index in [1.807, 2.05) is 0 Å². The second kappa shape index (κ2) is 3.58. The van der Waals surface area contributed by atoms with Gasteiger partial charge in [-0.05, 0) is 25.7 Å². The van der Waals surface area contributed by atoms with E-state index in [0.717, 1.165) is 29.7 Å². The van der Waals surface area contributed by atoms with Crippen LogP contribution in [0.5, 0.6) is 0 Å². The molecular formula is C10H14N2S. The Bertz CT molecular complexity index is 368. The summed E-state index contributed by atoms with van der Waals surface area (Å²) >= 11 is 5.26. The first-order valence-electron chi connectivity index (χ1n) is 4.92. The van der Waals surface area contributed by atoms with Gasteiger partial charge in [0, 0.05) is 17.7 Å². The monoisotopic (exact) mass is 194 g/mol. The van der Waals surface area contributed by atoms with Crippen molar-refractivity contribution in [1.82, 2.24) is 9.97 Å². The summed E-state index contributed by atoms with van der Waals surface area (Å²) in [5, 5.41) is 0. The highest BCUT2D eigenvalue weighted by atomic mass is 32.1. The van der Waals surface area contributed by atoms with Gasteiger partial charge in [0.1, 0.15) is 10.5 Å². The standard InChI is InChI=1S/C10H14N2S/c1-2-9-11-8-6-4-3-5-7(8)10(13)12-9/h2-6H2,1H3,(H,11,12,13). The van der Waals surface area contributed by atoms with Gasteiger partial charge in [0.15, 0.2) is 0 Å². The zero-order chi connectivity index (χ0) is 9.26. The molecule has 1 aromatic heterocycles. The van der Waals surface area contributed by atoms with Crippen molar-refractivity contribution in [3.05, 3.63) is 21.7 Å². The van der Waals surface area contributed by atoms with Gasteiger partial charge in [-0.3, -0.25) is 0 Å². The van der Waals surface area contributed by atoms with E-state index in [9.17, 15) is 0 Å². The highest BCUT2D eigenvalue weighted by molar-refractivity contribution is 7.71.